The van der Waals surface area contributed by atoms with Gasteiger partial charge >= 0.3 is 0 Å². The maximum atomic E-state index is 8.70. The van der Waals surface area contributed by atoms with Crippen molar-refractivity contribution in [1.29, 1.82) is 0 Å². The highest BCUT2D eigenvalue weighted by molar-refractivity contribution is 9.09. The Bertz CT molecular complexity index is 129. The summed E-state index contributed by atoms with van der Waals surface area (Å²) in [4.78, 5) is 0.577. The van der Waals surface area contributed by atoms with Crippen molar-refractivity contribution in [3.8, 4) is 0 Å². The van der Waals surface area contributed by atoms with Crippen molar-refractivity contribution in [1.82, 2.24) is 0 Å². The van der Waals surface area contributed by atoms with Crippen LogP contribution in [0.4, 0.5) is 0 Å². The number of halogens is 1. The van der Waals surface area contributed by atoms with E-state index in [4.69, 9.17) is 5.11 Å². The van der Waals surface area contributed by atoms with E-state index >= 15 is 0 Å². The Morgan fingerprint density at radius 3 is 2.23 bits per heavy atom. The van der Waals surface area contributed by atoms with Crippen molar-refractivity contribution >= 4 is 15.9 Å². The zero-order chi connectivity index (χ0) is 10.5. The first kappa shape index (κ1) is 13.4. The molecule has 0 fully saturated rings. The lowest BCUT2D eigenvalue weighted by Gasteiger charge is -2.27. The van der Waals surface area contributed by atoms with Crippen LogP contribution in [0.3, 0.4) is 0 Å². The second-order valence-electron chi connectivity index (χ2n) is 5.04. The molecule has 1 N–H and O–H groups in total. The minimum absolute atomic E-state index is 0.326. The van der Waals surface area contributed by atoms with E-state index in [1.54, 1.807) is 0 Å². The maximum Gasteiger partial charge on any atom is 0.0431 e. The molecule has 0 aliphatic carbocycles. The number of alkyl halides is 1. The molecule has 0 rings (SSSR count). The van der Waals surface area contributed by atoms with E-state index in [1.807, 2.05) is 0 Å². The van der Waals surface area contributed by atoms with Crippen LogP contribution in [0.1, 0.15) is 47.0 Å². The maximum absolute atomic E-state index is 8.70. The molecule has 0 aliphatic heterocycles. The molecular weight excluding hydrogens is 228 g/mol. The lowest BCUT2D eigenvalue weighted by Crippen LogP contribution is -2.22. The molecule has 0 bridgehead atoms. The average molecular weight is 251 g/mol. The molecule has 0 radical (unpaired) electrons. The molecule has 0 aliphatic rings. The van der Waals surface area contributed by atoms with Gasteiger partial charge in [0.1, 0.15) is 0 Å². The fourth-order valence-corrected chi connectivity index (χ4v) is 1.90. The van der Waals surface area contributed by atoms with Crippen molar-refractivity contribution < 1.29 is 5.11 Å². The van der Waals surface area contributed by atoms with E-state index < -0.39 is 0 Å². The van der Waals surface area contributed by atoms with Crippen LogP contribution >= 0.6 is 15.9 Å². The van der Waals surface area contributed by atoms with Crippen molar-refractivity contribution in [3.05, 3.63) is 0 Å². The van der Waals surface area contributed by atoms with Crippen LogP contribution in [-0.4, -0.2) is 16.5 Å². The van der Waals surface area contributed by atoms with Crippen LogP contribution in [0.2, 0.25) is 0 Å². The Kier molecular flexibility index (Phi) is 6.23. The predicted octanol–water partition coefficient (Wildman–Crippen LogP) is 3.59. The standard InChI is InChI=1S/C11H23BrO/c1-9(6-5-7-13)8-10(12)11(2,3)4/h9-10,13H,5-8H2,1-4H3. The van der Waals surface area contributed by atoms with E-state index in [1.165, 1.54) is 6.42 Å². The Hall–Kier alpha value is 0.440. The Morgan fingerprint density at radius 1 is 1.31 bits per heavy atom. The number of rotatable bonds is 5. The van der Waals surface area contributed by atoms with Gasteiger partial charge in [0.2, 0.25) is 0 Å². The normalized spacial score (nSPS) is 17.1. The van der Waals surface area contributed by atoms with E-state index in [9.17, 15) is 0 Å². The first-order valence-electron chi connectivity index (χ1n) is 5.13. The average Bonchev–Trinajstić information content (AvgIpc) is 1.99. The summed E-state index contributed by atoms with van der Waals surface area (Å²) < 4.78 is 0. The second-order valence-corrected chi connectivity index (χ2v) is 6.15. The highest BCUT2D eigenvalue weighted by Gasteiger charge is 2.23. The van der Waals surface area contributed by atoms with Crippen LogP contribution in [0.5, 0.6) is 0 Å². The monoisotopic (exact) mass is 250 g/mol. The predicted molar refractivity (Wildman–Crippen MR) is 62.3 cm³/mol. The van der Waals surface area contributed by atoms with E-state index in [2.05, 4.69) is 43.6 Å². The first-order chi connectivity index (χ1) is 5.88. The summed E-state index contributed by atoms with van der Waals surface area (Å²) in [6.45, 7) is 9.35. The smallest absolute Gasteiger partial charge is 0.0431 e. The lowest BCUT2D eigenvalue weighted by molar-refractivity contribution is 0.265. The van der Waals surface area contributed by atoms with Crippen molar-refractivity contribution in [3.63, 3.8) is 0 Å². The molecule has 0 saturated heterocycles. The van der Waals surface area contributed by atoms with Gasteiger partial charge in [-0.25, -0.2) is 0 Å². The molecular formula is C11H23BrO. The van der Waals surface area contributed by atoms with Gasteiger partial charge in [-0.1, -0.05) is 43.6 Å². The Balaban J connectivity index is 3.71. The Morgan fingerprint density at radius 2 is 1.85 bits per heavy atom. The Labute approximate surface area is 91.1 Å². The molecule has 13 heavy (non-hydrogen) atoms. The molecule has 80 valence electrons. The quantitative estimate of drug-likeness (QED) is 0.740. The summed E-state index contributed by atoms with van der Waals surface area (Å²) in [6.07, 6.45) is 3.27. The van der Waals surface area contributed by atoms with Crippen LogP contribution < -0.4 is 0 Å². The van der Waals surface area contributed by atoms with Gasteiger partial charge in [-0.05, 0) is 30.6 Å². The van der Waals surface area contributed by atoms with Gasteiger partial charge < -0.3 is 5.11 Å². The molecule has 2 unspecified atom stereocenters. The number of hydrogen-bond acceptors (Lipinski definition) is 1. The summed E-state index contributed by atoms with van der Waals surface area (Å²) in [5, 5.41) is 8.70. The molecule has 0 amide bonds. The van der Waals surface area contributed by atoms with Gasteiger partial charge in [0.05, 0.1) is 0 Å². The number of aliphatic hydroxyl groups excluding tert-OH is 1. The topological polar surface area (TPSA) is 20.2 Å². The molecule has 2 atom stereocenters. The minimum atomic E-state index is 0.326. The SMILES string of the molecule is CC(CCCO)CC(Br)C(C)(C)C. The minimum Gasteiger partial charge on any atom is -0.396 e. The fraction of sp³-hybridized carbons (Fsp3) is 1.00. The molecule has 0 saturated carbocycles. The van der Waals surface area contributed by atoms with E-state index in [0.717, 1.165) is 12.8 Å². The third-order valence-electron chi connectivity index (χ3n) is 2.40. The van der Waals surface area contributed by atoms with Crippen LogP contribution in [0.25, 0.3) is 0 Å². The fourth-order valence-electron chi connectivity index (χ4n) is 1.26. The van der Waals surface area contributed by atoms with Crippen molar-refractivity contribution in [2.45, 2.75) is 51.8 Å². The number of aliphatic hydroxyl groups is 1. The third-order valence-corrected chi connectivity index (χ3v) is 4.15. The molecule has 1 nitrogen and oxygen atoms in total. The van der Waals surface area contributed by atoms with Gasteiger partial charge in [-0.3, -0.25) is 0 Å². The highest BCUT2D eigenvalue weighted by Crippen LogP contribution is 2.32. The zero-order valence-electron chi connectivity index (χ0n) is 9.31. The third kappa shape index (κ3) is 6.50. The van der Waals surface area contributed by atoms with Crippen LogP contribution in [-0.2, 0) is 0 Å². The van der Waals surface area contributed by atoms with E-state index in [-0.39, 0.29) is 0 Å². The van der Waals surface area contributed by atoms with Gasteiger partial charge in [0.25, 0.3) is 0 Å². The first-order valence-corrected chi connectivity index (χ1v) is 6.04. The second kappa shape index (κ2) is 6.02. The van der Waals surface area contributed by atoms with Crippen molar-refractivity contribution in [2.75, 3.05) is 6.61 Å². The van der Waals surface area contributed by atoms with Crippen LogP contribution in [0.15, 0.2) is 0 Å². The van der Waals surface area contributed by atoms with Crippen LogP contribution in [0, 0.1) is 11.3 Å². The summed E-state index contributed by atoms with van der Waals surface area (Å²) in [6, 6.07) is 0. The summed E-state index contributed by atoms with van der Waals surface area (Å²) in [7, 11) is 0. The van der Waals surface area contributed by atoms with E-state index in [0.29, 0.717) is 22.8 Å². The number of hydrogen-bond donors (Lipinski definition) is 1. The van der Waals surface area contributed by atoms with Gasteiger partial charge in [-0.2, -0.15) is 0 Å². The largest absolute Gasteiger partial charge is 0.396 e. The lowest BCUT2D eigenvalue weighted by atomic mass is 9.86. The van der Waals surface area contributed by atoms with Gasteiger partial charge in [0, 0.05) is 11.4 Å². The molecule has 0 aromatic carbocycles. The zero-order valence-corrected chi connectivity index (χ0v) is 10.9. The molecule has 0 aromatic rings. The highest BCUT2D eigenvalue weighted by atomic mass is 79.9. The summed E-state index contributed by atoms with van der Waals surface area (Å²) >= 11 is 3.73. The van der Waals surface area contributed by atoms with Gasteiger partial charge in [0.15, 0.2) is 0 Å². The molecule has 0 heterocycles. The van der Waals surface area contributed by atoms with Crippen molar-refractivity contribution in [2.24, 2.45) is 11.3 Å². The summed E-state index contributed by atoms with van der Waals surface area (Å²) in [5.41, 5.74) is 0.341. The molecule has 0 aromatic heterocycles. The van der Waals surface area contributed by atoms with Gasteiger partial charge in [-0.15, -0.1) is 0 Å². The molecule has 2 heteroatoms. The molecule has 0 spiro atoms. The summed E-state index contributed by atoms with van der Waals surface area (Å²) in [5.74, 6) is 0.704.